The van der Waals surface area contributed by atoms with Crippen LogP contribution in [0.3, 0.4) is 0 Å². The van der Waals surface area contributed by atoms with Crippen molar-refractivity contribution >= 4 is 10.9 Å². The average Bonchev–Trinajstić information content (AvgIpc) is 2.39. The maximum absolute atomic E-state index is 4.29. The normalized spacial score (nSPS) is 10.5. The molecule has 3 rings (SSSR count). The van der Waals surface area contributed by atoms with Crippen LogP contribution in [0.25, 0.3) is 22.0 Å². The fourth-order valence-corrected chi connectivity index (χ4v) is 1.75. The molecule has 75 valence electrons. The summed E-state index contributed by atoms with van der Waals surface area (Å²) in [4.78, 5) is 8.29. The van der Waals surface area contributed by atoms with Crippen LogP contribution in [0.4, 0.5) is 0 Å². The Kier molecular flexibility index (Phi) is 2.11. The Balaban J connectivity index is 2.19. The molecule has 0 bridgehead atoms. The average molecular weight is 205 g/mol. The molecule has 2 heterocycles. The summed E-state index contributed by atoms with van der Waals surface area (Å²) in [7, 11) is 0. The van der Waals surface area contributed by atoms with Gasteiger partial charge in [0.2, 0.25) is 0 Å². The molecule has 3 aromatic rings. The van der Waals surface area contributed by atoms with Gasteiger partial charge in [0.15, 0.2) is 0 Å². The quantitative estimate of drug-likeness (QED) is 0.610. The van der Waals surface area contributed by atoms with Crippen LogP contribution < -0.4 is 0 Å². The van der Waals surface area contributed by atoms with Gasteiger partial charge in [-0.25, -0.2) is 0 Å². The first kappa shape index (κ1) is 9.04. The van der Waals surface area contributed by atoms with Gasteiger partial charge in [-0.15, -0.1) is 0 Å². The molecule has 0 spiro atoms. The van der Waals surface area contributed by atoms with E-state index in [-0.39, 0.29) is 0 Å². The van der Waals surface area contributed by atoms with Gasteiger partial charge in [-0.1, -0.05) is 18.2 Å². The Morgan fingerprint density at radius 2 is 2.00 bits per heavy atom. The van der Waals surface area contributed by atoms with Gasteiger partial charge in [0.05, 0.1) is 11.7 Å². The zero-order valence-corrected chi connectivity index (χ0v) is 8.59. The van der Waals surface area contributed by atoms with Crippen molar-refractivity contribution in [3.63, 3.8) is 0 Å². The van der Waals surface area contributed by atoms with Crippen LogP contribution in [-0.4, -0.2) is 9.97 Å². The van der Waals surface area contributed by atoms with E-state index < -0.39 is 0 Å². The molecule has 2 aromatic heterocycles. The lowest BCUT2D eigenvalue weighted by Crippen LogP contribution is -1.81. The lowest BCUT2D eigenvalue weighted by atomic mass is 10.1. The highest BCUT2D eigenvalue weighted by molar-refractivity contribution is 5.84. The van der Waals surface area contributed by atoms with E-state index in [4.69, 9.17) is 0 Å². The molecule has 0 amide bonds. The summed E-state index contributed by atoms with van der Waals surface area (Å²) >= 11 is 0. The van der Waals surface area contributed by atoms with Gasteiger partial charge in [0, 0.05) is 23.3 Å². The second-order valence-corrected chi connectivity index (χ2v) is 3.59. The molecule has 0 unspecified atom stereocenters. The minimum Gasteiger partial charge on any atom is -0.256 e. The Bertz CT molecular complexity index is 618. The zero-order valence-electron chi connectivity index (χ0n) is 8.59. The third kappa shape index (κ3) is 1.54. The minimum absolute atomic E-state index is 1.02. The van der Waals surface area contributed by atoms with Gasteiger partial charge >= 0.3 is 0 Å². The summed E-state index contributed by atoms with van der Waals surface area (Å²) in [5.41, 5.74) is 3.27. The summed E-state index contributed by atoms with van der Waals surface area (Å²) in [5, 5.41) is 1.15. The highest BCUT2D eigenvalue weighted by atomic mass is 14.6. The fraction of sp³-hybridized carbons (Fsp3) is 0. The fourth-order valence-electron chi connectivity index (χ4n) is 1.75. The molecule has 2 nitrogen and oxygen atoms in total. The monoisotopic (exact) mass is 205 g/mol. The Labute approximate surface area is 93.6 Å². The van der Waals surface area contributed by atoms with Crippen molar-refractivity contribution in [1.29, 1.82) is 0 Å². The molecule has 16 heavy (non-hydrogen) atoms. The second kappa shape index (κ2) is 3.74. The Hall–Kier alpha value is -2.22. The smallest absolute Gasteiger partial charge is 0.0886 e. The van der Waals surface area contributed by atoms with Crippen LogP contribution in [0.2, 0.25) is 0 Å². The Morgan fingerprint density at radius 1 is 1.00 bits per heavy atom. The molecule has 0 aliphatic heterocycles. The van der Waals surface area contributed by atoms with Crippen molar-refractivity contribution in [1.82, 2.24) is 9.97 Å². The molecule has 1 aromatic carbocycles. The van der Waals surface area contributed by atoms with Crippen LogP contribution in [-0.2, 0) is 0 Å². The van der Waals surface area contributed by atoms with Crippen molar-refractivity contribution < 1.29 is 0 Å². The van der Waals surface area contributed by atoms with Crippen LogP contribution in [0, 0.1) is 6.20 Å². The molecule has 0 N–H and O–H groups in total. The first-order valence-electron chi connectivity index (χ1n) is 5.11. The summed E-state index contributed by atoms with van der Waals surface area (Å²) < 4.78 is 0. The van der Waals surface area contributed by atoms with Gasteiger partial charge in [0.25, 0.3) is 0 Å². The predicted molar refractivity (Wildman–Crippen MR) is 63.8 cm³/mol. The molecular formula is C14H9N2. The van der Waals surface area contributed by atoms with Gasteiger partial charge in [-0.3, -0.25) is 9.97 Å². The predicted octanol–water partition coefficient (Wildman–Crippen LogP) is 3.10. The number of rotatable bonds is 1. The van der Waals surface area contributed by atoms with Crippen LogP contribution in [0.5, 0.6) is 0 Å². The summed E-state index contributed by atoms with van der Waals surface area (Å²) in [6.07, 6.45) is 6.40. The largest absolute Gasteiger partial charge is 0.256 e. The van der Waals surface area contributed by atoms with Crippen molar-refractivity contribution in [3.05, 3.63) is 61.1 Å². The molecule has 1 radical (unpaired) electrons. The second-order valence-electron chi connectivity index (χ2n) is 3.59. The number of hydrogen-bond donors (Lipinski definition) is 0. The summed E-state index contributed by atoms with van der Waals surface area (Å²) in [5.74, 6) is 0. The van der Waals surface area contributed by atoms with Crippen LogP contribution >= 0.6 is 0 Å². The van der Waals surface area contributed by atoms with Gasteiger partial charge in [-0.05, 0) is 29.8 Å². The number of fused-ring (bicyclic) bond motifs is 1. The number of pyridine rings is 2. The SMILES string of the molecule is [c]1ccc(-c2ccc3ncccc3c2)cn1. The molecule has 0 aliphatic rings. The lowest BCUT2D eigenvalue weighted by molar-refractivity contribution is 1.31. The molecule has 0 fully saturated rings. The van der Waals surface area contributed by atoms with Crippen molar-refractivity contribution in [2.75, 3.05) is 0 Å². The maximum Gasteiger partial charge on any atom is 0.0886 e. The first-order valence-corrected chi connectivity index (χ1v) is 5.11. The van der Waals surface area contributed by atoms with E-state index in [0.717, 1.165) is 22.0 Å². The van der Waals surface area contributed by atoms with Gasteiger partial charge in [-0.2, -0.15) is 0 Å². The standard InChI is InChI=1S/C14H9N2/c1-4-13(10-15-7-1)11-5-6-14-12(9-11)3-2-8-16-14/h1-6,8-10H. The van der Waals surface area contributed by atoms with E-state index in [9.17, 15) is 0 Å². The topological polar surface area (TPSA) is 25.8 Å². The number of aromatic nitrogens is 2. The highest BCUT2D eigenvalue weighted by Crippen LogP contribution is 2.22. The molecule has 0 atom stereocenters. The Morgan fingerprint density at radius 3 is 2.88 bits per heavy atom. The van der Waals surface area contributed by atoms with Gasteiger partial charge < -0.3 is 0 Å². The van der Waals surface area contributed by atoms with Crippen LogP contribution in [0.15, 0.2) is 54.9 Å². The molecule has 2 heteroatoms. The molecule has 0 saturated heterocycles. The molecule has 0 saturated carbocycles. The zero-order chi connectivity index (χ0) is 10.8. The van der Waals surface area contributed by atoms with E-state index >= 15 is 0 Å². The number of nitrogens with zero attached hydrogens (tertiary/aromatic N) is 2. The number of benzene rings is 1. The van der Waals surface area contributed by atoms with E-state index in [1.165, 1.54) is 0 Å². The van der Waals surface area contributed by atoms with Crippen molar-refractivity contribution in [2.45, 2.75) is 0 Å². The van der Waals surface area contributed by atoms with Crippen molar-refractivity contribution in [2.24, 2.45) is 0 Å². The van der Waals surface area contributed by atoms with E-state index in [0.29, 0.717) is 0 Å². The van der Waals surface area contributed by atoms with E-state index in [1.54, 1.807) is 6.20 Å². The third-order valence-corrected chi connectivity index (χ3v) is 2.55. The summed E-state index contributed by atoms with van der Waals surface area (Å²) in [6, 6.07) is 14.1. The van der Waals surface area contributed by atoms with E-state index in [2.05, 4.69) is 34.4 Å². The molecular weight excluding hydrogens is 196 g/mol. The maximum atomic E-state index is 4.29. The molecule has 0 aliphatic carbocycles. The summed E-state index contributed by atoms with van der Waals surface area (Å²) in [6.45, 7) is 0. The third-order valence-electron chi connectivity index (χ3n) is 2.55. The first-order chi connectivity index (χ1) is 7.93. The number of hydrogen-bond acceptors (Lipinski definition) is 2. The van der Waals surface area contributed by atoms with E-state index in [1.807, 2.05) is 30.5 Å². The highest BCUT2D eigenvalue weighted by Gasteiger charge is 1.99. The van der Waals surface area contributed by atoms with Crippen molar-refractivity contribution in [3.8, 4) is 11.1 Å². The van der Waals surface area contributed by atoms with Gasteiger partial charge in [0.1, 0.15) is 0 Å². The van der Waals surface area contributed by atoms with Crippen LogP contribution in [0.1, 0.15) is 0 Å². The minimum atomic E-state index is 1.02. The lowest BCUT2D eigenvalue weighted by Gasteiger charge is -2.02.